The van der Waals surface area contributed by atoms with Gasteiger partial charge >= 0.3 is 0 Å². The highest BCUT2D eigenvalue weighted by Gasteiger charge is 2.22. The van der Waals surface area contributed by atoms with Gasteiger partial charge in [0.15, 0.2) is 5.82 Å². The molecule has 0 radical (unpaired) electrons. The van der Waals surface area contributed by atoms with Crippen molar-refractivity contribution in [2.24, 2.45) is 0 Å². The van der Waals surface area contributed by atoms with Gasteiger partial charge in [-0.3, -0.25) is 9.97 Å². The third-order valence-electron chi connectivity index (χ3n) is 7.91. The van der Waals surface area contributed by atoms with Gasteiger partial charge in [0.2, 0.25) is 0 Å². The van der Waals surface area contributed by atoms with Crippen LogP contribution in [0, 0.1) is 0 Å². The van der Waals surface area contributed by atoms with Crippen molar-refractivity contribution in [2.75, 3.05) is 0 Å². The molecule has 0 aliphatic carbocycles. The van der Waals surface area contributed by atoms with E-state index in [2.05, 4.69) is 118 Å². The molecule has 0 aliphatic rings. The summed E-state index contributed by atoms with van der Waals surface area (Å²) in [6.45, 7) is 13.6. The van der Waals surface area contributed by atoms with Gasteiger partial charge in [-0.05, 0) is 57.3 Å². The Bertz CT molecular complexity index is 1810. The van der Waals surface area contributed by atoms with Crippen LogP contribution in [0.3, 0.4) is 0 Å². The average molecular weight is 575 g/mol. The number of nitrogens with zero attached hydrogens (tertiary/aromatic N) is 4. The van der Waals surface area contributed by atoms with Gasteiger partial charge in [-0.2, -0.15) is 0 Å². The molecule has 0 spiro atoms. The van der Waals surface area contributed by atoms with E-state index in [0.29, 0.717) is 5.82 Å². The van der Waals surface area contributed by atoms with Gasteiger partial charge in [-0.25, -0.2) is 9.97 Å². The van der Waals surface area contributed by atoms with Crippen molar-refractivity contribution in [2.45, 2.75) is 52.4 Å². The Balaban J connectivity index is 1.61. The Kier molecular flexibility index (Phi) is 7.69. The van der Waals surface area contributed by atoms with Gasteiger partial charge in [0.25, 0.3) is 0 Å². The number of benzene rings is 4. The molecular weight excluding hydrogens is 536 g/mol. The van der Waals surface area contributed by atoms with Gasteiger partial charge in [0.05, 0.1) is 23.3 Å². The number of hydrogen-bond donors (Lipinski definition) is 0. The van der Waals surface area contributed by atoms with Crippen molar-refractivity contribution in [1.29, 1.82) is 0 Å². The molecule has 0 fully saturated rings. The first-order valence-electron chi connectivity index (χ1n) is 15.1. The number of hydrogen-bond acceptors (Lipinski definition) is 4. The zero-order chi connectivity index (χ0) is 30.9. The summed E-state index contributed by atoms with van der Waals surface area (Å²) in [7, 11) is 0. The second-order valence-electron chi connectivity index (χ2n) is 13.4. The quantitative estimate of drug-likeness (QED) is 0.206. The minimum Gasteiger partial charge on any atom is -0.261 e. The molecule has 0 atom stereocenters. The fraction of sp³-hybridized carbons (Fsp3) is 0.200. The highest BCUT2D eigenvalue weighted by atomic mass is 14.9. The van der Waals surface area contributed by atoms with Gasteiger partial charge in [0, 0.05) is 34.6 Å². The molecule has 0 saturated carbocycles. The van der Waals surface area contributed by atoms with Crippen molar-refractivity contribution in [3.8, 4) is 56.3 Å². The predicted octanol–water partition coefficient (Wildman–Crippen LogP) is 10.2. The molecule has 218 valence electrons. The van der Waals surface area contributed by atoms with E-state index >= 15 is 0 Å². The minimum absolute atomic E-state index is 0.000925. The van der Waals surface area contributed by atoms with E-state index in [4.69, 9.17) is 9.97 Å². The van der Waals surface area contributed by atoms with Gasteiger partial charge < -0.3 is 0 Å². The average Bonchev–Trinajstić information content (AvgIpc) is 3.04. The molecule has 2 aromatic heterocycles. The second-order valence-corrected chi connectivity index (χ2v) is 13.4. The highest BCUT2D eigenvalue weighted by molar-refractivity contribution is 5.80. The van der Waals surface area contributed by atoms with Crippen LogP contribution >= 0.6 is 0 Å². The predicted molar refractivity (Wildman–Crippen MR) is 182 cm³/mol. The molecule has 0 saturated heterocycles. The number of rotatable bonds is 5. The van der Waals surface area contributed by atoms with Crippen LogP contribution in [0.15, 0.2) is 122 Å². The zero-order valence-electron chi connectivity index (χ0n) is 26.3. The molecule has 0 amide bonds. The van der Waals surface area contributed by atoms with Gasteiger partial charge in [-0.15, -0.1) is 0 Å². The Morgan fingerprint density at radius 1 is 0.432 bits per heavy atom. The number of aromatic nitrogens is 4. The molecule has 4 aromatic carbocycles. The van der Waals surface area contributed by atoms with Crippen molar-refractivity contribution in [3.63, 3.8) is 0 Å². The zero-order valence-corrected chi connectivity index (χ0v) is 26.3. The fourth-order valence-electron chi connectivity index (χ4n) is 5.27. The Hall–Kier alpha value is -4.96. The van der Waals surface area contributed by atoms with Crippen LogP contribution < -0.4 is 0 Å². The molecule has 2 heterocycles. The normalized spacial score (nSPS) is 11.9. The molecule has 4 nitrogen and oxygen atoms in total. The molecule has 6 aromatic rings. The van der Waals surface area contributed by atoms with Gasteiger partial charge in [-0.1, -0.05) is 120 Å². The first-order valence-corrected chi connectivity index (χ1v) is 15.1. The largest absolute Gasteiger partial charge is 0.261 e. The first-order chi connectivity index (χ1) is 21.0. The van der Waals surface area contributed by atoms with Crippen LogP contribution in [-0.4, -0.2) is 19.9 Å². The van der Waals surface area contributed by atoms with E-state index in [1.807, 2.05) is 42.6 Å². The summed E-state index contributed by atoms with van der Waals surface area (Å²) in [5.74, 6) is 0.667. The van der Waals surface area contributed by atoms with Crippen molar-refractivity contribution < 1.29 is 0 Å². The van der Waals surface area contributed by atoms with E-state index in [1.165, 1.54) is 11.1 Å². The van der Waals surface area contributed by atoms with Crippen LogP contribution in [0.5, 0.6) is 0 Å². The van der Waals surface area contributed by atoms with Crippen molar-refractivity contribution >= 4 is 0 Å². The molecule has 0 N–H and O–H groups in total. The maximum atomic E-state index is 5.14. The summed E-state index contributed by atoms with van der Waals surface area (Å²) in [6, 6.07) is 36.2. The Morgan fingerprint density at radius 2 is 0.932 bits per heavy atom. The molecule has 0 bridgehead atoms. The summed E-state index contributed by atoms with van der Waals surface area (Å²) in [5, 5.41) is 0. The Labute approximate surface area is 261 Å². The maximum absolute atomic E-state index is 5.14. The van der Waals surface area contributed by atoms with Crippen LogP contribution in [0.1, 0.15) is 52.7 Å². The smallest absolute Gasteiger partial charge is 0.160 e. The molecule has 0 aliphatic heterocycles. The minimum atomic E-state index is -0.000925. The monoisotopic (exact) mass is 574 g/mol. The molecular formula is C40H38N4. The summed E-state index contributed by atoms with van der Waals surface area (Å²) in [4.78, 5) is 19.3. The third-order valence-corrected chi connectivity index (χ3v) is 7.91. The lowest BCUT2D eigenvalue weighted by molar-refractivity contribution is 0.569. The topological polar surface area (TPSA) is 51.6 Å². The molecule has 4 heteroatoms. The van der Waals surface area contributed by atoms with E-state index < -0.39 is 0 Å². The summed E-state index contributed by atoms with van der Waals surface area (Å²) in [5.41, 5.74) is 11.4. The lowest BCUT2D eigenvalue weighted by Gasteiger charge is -2.26. The van der Waals surface area contributed by atoms with E-state index in [-0.39, 0.29) is 10.8 Å². The SMILES string of the molecule is CC(C)(C)c1cc(-c2cc(-c3cnccn3)cc(-c3nc(-c4ccccc4)cc(-c4ccccc4)n3)c2)cc(C(C)(C)C)c1. The lowest BCUT2D eigenvalue weighted by Crippen LogP contribution is -2.16. The van der Waals surface area contributed by atoms with Crippen molar-refractivity contribution in [3.05, 3.63) is 133 Å². The van der Waals surface area contributed by atoms with Crippen LogP contribution in [0.4, 0.5) is 0 Å². The van der Waals surface area contributed by atoms with Crippen LogP contribution in [0.2, 0.25) is 0 Å². The maximum Gasteiger partial charge on any atom is 0.160 e. The summed E-state index contributed by atoms with van der Waals surface area (Å²) in [6.07, 6.45) is 5.25. The van der Waals surface area contributed by atoms with Gasteiger partial charge in [0.1, 0.15) is 0 Å². The lowest BCUT2D eigenvalue weighted by atomic mass is 9.78. The highest BCUT2D eigenvalue weighted by Crippen LogP contribution is 2.37. The summed E-state index contributed by atoms with van der Waals surface area (Å²) < 4.78 is 0. The third kappa shape index (κ3) is 6.35. The van der Waals surface area contributed by atoms with Crippen LogP contribution in [-0.2, 0) is 10.8 Å². The molecule has 0 unspecified atom stereocenters. The van der Waals surface area contributed by atoms with E-state index in [9.17, 15) is 0 Å². The van der Waals surface area contributed by atoms with Crippen LogP contribution in [0.25, 0.3) is 56.3 Å². The van der Waals surface area contributed by atoms with Crippen molar-refractivity contribution in [1.82, 2.24) is 19.9 Å². The summed E-state index contributed by atoms with van der Waals surface area (Å²) >= 11 is 0. The Morgan fingerprint density at radius 3 is 1.43 bits per heavy atom. The second kappa shape index (κ2) is 11.6. The fourth-order valence-corrected chi connectivity index (χ4v) is 5.27. The first kappa shape index (κ1) is 29.1. The molecule has 44 heavy (non-hydrogen) atoms. The van der Waals surface area contributed by atoms with E-state index in [1.54, 1.807) is 12.4 Å². The standard InChI is InChI=1S/C40H38N4/c1-39(2,3)33-22-30(23-34(24-33)40(4,5)6)29-19-31(37-26-41-17-18-42-37)21-32(20-29)38-43-35(27-13-9-7-10-14-27)25-36(44-38)28-15-11-8-12-16-28/h7-26H,1-6H3. The van der Waals surface area contributed by atoms with E-state index in [0.717, 1.165) is 50.5 Å². The molecule has 6 rings (SSSR count).